The Hall–Kier alpha value is -0.430. The van der Waals surface area contributed by atoms with E-state index < -0.39 is 7.26 Å². The van der Waals surface area contributed by atoms with Crippen LogP contribution in [0, 0.1) is 0 Å². The Labute approximate surface area is 174 Å². The lowest BCUT2D eigenvalue weighted by Crippen LogP contribution is -3.00. The molecule has 1 aliphatic rings. The van der Waals surface area contributed by atoms with Crippen LogP contribution in [-0.4, -0.2) is 61.9 Å². The zero-order valence-corrected chi connectivity index (χ0v) is 19.2. The second-order valence-corrected chi connectivity index (χ2v) is 11.2. The molecule has 0 unspecified atom stereocenters. The summed E-state index contributed by atoms with van der Waals surface area (Å²) in [5.74, 6) is -0.829. The number of hydrogen-bond donors (Lipinski definition) is 0. The van der Waals surface area contributed by atoms with Crippen LogP contribution >= 0.6 is 7.26 Å². The normalized spacial score (nSPS) is 14.9. The monoisotopic (exact) mass is 502 g/mol. The Balaban J connectivity index is 0.00000625. The van der Waals surface area contributed by atoms with E-state index in [9.17, 15) is 14.4 Å². The number of rotatable bonds is 10. The summed E-state index contributed by atoms with van der Waals surface area (Å²) in [5, 5.41) is 0. The number of hydrogen-bond acceptors (Lipinski definition) is 6. The third kappa shape index (κ3) is 10.0. The first kappa shape index (κ1) is 25.6. The minimum absolute atomic E-state index is 0. The molecular weight excluding hydrogens is 470 g/mol. The highest BCUT2D eigenvalue weighted by atomic mass is 127. The van der Waals surface area contributed by atoms with Gasteiger partial charge >= 0.3 is 17.9 Å². The fourth-order valence-electron chi connectivity index (χ4n) is 3.63. The molecule has 0 saturated heterocycles. The molecule has 1 rings (SSSR count). The first-order valence-corrected chi connectivity index (χ1v) is 11.5. The molecule has 1 saturated carbocycles. The van der Waals surface area contributed by atoms with E-state index in [0.29, 0.717) is 25.5 Å². The molecule has 0 N–H and O–H groups in total. The molecular formula is C18H32IO6P. The summed E-state index contributed by atoms with van der Waals surface area (Å²) in [6.45, 7) is 5.41. The van der Waals surface area contributed by atoms with E-state index in [1.807, 2.05) is 0 Å². The molecule has 0 aromatic heterocycles. The third-order valence-electron chi connectivity index (χ3n) is 4.88. The van der Waals surface area contributed by atoms with Gasteiger partial charge in [-0.3, -0.25) is 14.4 Å². The predicted molar refractivity (Wildman–Crippen MR) is 98.3 cm³/mol. The maximum absolute atomic E-state index is 11.2. The van der Waals surface area contributed by atoms with Crippen molar-refractivity contribution in [2.75, 3.05) is 38.3 Å². The SMILES string of the molecule is CC(=O)OCC[P+](CCOC(C)=O)(CCOC(C)=O)C1CCCCC1.[I-]. The van der Waals surface area contributed by atoms with Crippen LogP contribution in [0.1, 0.15) is 52.9 Å². The molecule has 0 amide bonds. The fourth-order valence-corrected chi connectivity index (χ4v) is 8.22. The van der Waals surface area contributed by atoms with Gasteiger partial charge in [0.15, 0.2) is 0 Å². The number of carbonyl (C=O) groups excluding carboxylic acids is 3. The quantitative estimate of drug-likeness (QED) is 0.182. The Morgan fingerprint density at radius 1 is 0.731 bits per heavy atom. The van der Waals surface area contributed by atoms with Crippen LogP contribution in [0.2, 0.25) is 0 Å². The molecule has 0 bridgehead atoms. The van der Waals surface area contributed by atoms with Crippen LogP contribution in [0.4, 0.5) is 0 Å². The molecule has 0 heterocycles. The van der Waals surface area contributed by atoms with Gasteiger partial charge in [0.25, 0.3) is 0 Å². The first-order chi connectivity index (χ1) is 11.9. The van der Waals surface area contributed by atoms with Crippen molar-refractivity contribution in [3.8, 4) is 0 Å². The highest BCUT2D eigenvalue weighted by molar-refractivity contribution is 7.76. The Morgan fingerprint density at radius 3 is 1.38 bits per heavy atom. The second kappa shape index (κ2) is 13.7. The van der Waals surface area contributed by atoms with Crippen molar-refractivity contribution >= 4 is 25.2 Å². The lowest BCUT2D eigenvalue weighted by molar-refractivity contribution is -0.141. The maximum Gasteiger partial charge on any atom is 0.302 e. The summed E-state index contributed by atoms with van der Waals surface area (Å²) in [6.07, 6.45) is 8.41. The molecule has 26 heavy (non-hydrogen) atoms. The highest BCUT2D eigenvalue weighted by Gasteiger charge is 2.45. The van der Waals surface area contributed by atoms with Gasteiger partial charge in [-0.2, -0.15) is 0 Å². The molecule has 0 atom stereocenters. The van der Waals surface area contributed by atoms with E-state index in [0.717, 1.165) is 31.3 Å². The minimum atomic E-state index is -1.57. The van der Waals surface area contributed by atoms with Crippen molar-refractivity contribution < 1.29 is 52.6 Å². The van der Waals surface area contributed by atoms with Crippen LogP contribution in [0.5, 0.6) is 0 Å². The smallest absolute Gasteiger partial charge is 0.302 e. The third-order valence-corrected chi connectivity index (χ3v) is 10.2. The topological polar surface area (TPSA) is 78.9 Å². The van der Waals surface area contributed by atoms with Crippen LogP contribution in [0.15, 0.2) is 0 Å². The maximum atomic E-state index is 11.2. The number of esters is 3. The zero-order chi connectivity index (χ0) is 18.7. The van der Waals surface area contributed by atoms with Gasteiger partial charge in [-0.15, -0.1) is 0 Å². The minimum Gasteiger partial charge on any atom is -1.00 e. The summed E-state index contributed by atoms with van der Waals surface area (Å²) in [6, 6.07) is 0. The predicted octanol–water partition coefficient (Wildman–Crippen LogP) is 0.0300. The molecule has 1 aliphatic carbocycles. The number of carbonyl (C=O) groups is 3. The van der Waals surface area contributed by atoms with Gasteiger partial charge in [0, 0.05) is 28.0 Å². The molecule has 6 nitrogen and oxygen atoms in total. The fraction of sp³-hybridized carbons (Fsp3) is 0.833. The molecule has 0 radical (unpaired) electrons. The van der Waals surface area contributed by atoms with Crippen molar-refractivity contribution in [3.63, 3.8) is 0 Å². The number of halogens is 1. The van der Waals surface area contributed by atoms with Gasteiger partial charge < -0.3 is 38.2 Å². The molecule has 152 valence electrons. The first-order valence-electron chi connectivity index (χ1n) is 9.11. The molecule has 0 spiro atoms. The van der Waals surface area contributed by atoms with E-state index in [4.69, 9.17) is 14.2 Å². The summed E-state index contributed by atoms with van der Waals surface area (Å²) >= 11 is 0. The van der Waals surface area contributed by atoms with Gasteiger partial charge in [0.05, 0.1) is 24.1 Å². The summed E-state index contributed by atoms with van der Waals surface area (Å²) in [5.41, 5.74) is 0.572. The number of ether oxygens (including phenoxy) is 3. The largest absolute Gasteiger partial charge is 1.00 e. The Morgan fingerprint density at radius 2 is 1.08 bits per heavy atom. The standard InChI is InChI=1S/C18H32O6P.HI/c1-15(19)22-9-12-25(13-10-23-16(2)20,14-11-24-17(3)21)18-7-5-4-6-8-18;/h18H,4-14H2,1-3H3;1H/q+1;/p-1. The van der Waals surface area contributed by atoms with E-state index in [-0.39, 0.29) is 41.9 Å². The summed E-state index contributed by atoms with van der Waals surface area (Å²) in [4.78, 5) is 33.5. The molecule has 8 heteroatoms. The van der Waals surface area contributed by atoms with Crippen molar-refractivity contribution in [2.24, 2.45) is 0 Å². The Bertz CT molecular complexity index is 401. The van der Waals surface area contributed by atoms with Crippen LogP contribution < -0.4 is 24.0 Å². The summed E-state index contributed by atoms with van der Waals surface area (Å²) in [7, 11) is -1.57. The van der Waals surface area contributed by atoms with E-state index in [1.165, 1.54) is 40.0 Å². The van der Waals surface area contributed by atoms with Gasteiger partial charge in [0.2, 0.25) is 0 Å². The van der Waals surface area contributed by atoms with E-state index >= 15 is 0 Å². The van der Waals surface area contributed by atoms with Crippen molar-refractivity contribution in [3.05, 3.63) is 0 Å². The van der Waals surface area contributed by atoms with Gasteiger partial charge in [0.1, 0.15) is 19.8 Å². The lowest BCUT2D eigenvalue weighted by Gasteiger charge is -2.36. The lowest BCUT2D eigenvalue weighted by atomic mass is 10.0. The van der Waals surface area contributed by atoms with Gasteiger partial charge in [-0.25, -0.2) is 0 Å². The van der Waals surface area contributed by atoms with Crippen LogP contribution in [0.3, 0.4) is 0 Å². The summed E-state index contributed by atoms with van der Waals surface area (Å²) < 4.78 is 15.6. The van der Waals surface area contributed by atoms with Crippen molar-refractivity contribution in [1.29, 1.82) is 0 Å². The van der Waals surface area contributed by atoms with Gasteiger partial charge in [-0.1, -0.05) is 6.42 Å². The van der Waals surface area contributed by atoms with Crippen molar-refractivity contribution in [2.45, 2.75) is 58.5 Å². The highest BCUT2D eigenvalue weighted by Crippen LogP contribution is 2.65. The average molecular weight is 502 g/mol. The second-order valence-electron chi connectivity index (χ2n) is 6.70. The zero-order valence-electron chi connectivity index (χ0n) is 16.1. The van der Waals surface area contributed by atoms with Crippen molar-refractivity contribution in [1.82, 2.24) is 0 Å². The molecule has 0 aliphatic heterocycles. The van der Waals surface area contributed by atoms with E-state index in [2.05, 4.69) is 0 Å². The van der Waals surface area contributed by atoms with E-state index in [1.54, 1.807) is 0 Å². The Kier molecular flexibility index (Phi) is 13.5. The molecule has 0 aromatic rings. The van der Waals surface area contributed by atoms with Crippen LogP contribution in [0.25, 0.3) is 0 Å². The van der Waals surface area contributed by atoms with Gasteiger partial charge in [-0.05, 0) is 25.7 Å². The van der Waals surface area contributed by atoms with Crippen LogP contribution in [-0.2, 0) is 28.6 Å². The average Bonchev–Trinajstić information content (AvgIpc) is 2.54. The molecule has 1 fully saturated rings. The molecule has 0 aromatic carbocycles.